The van der Waals surface area contributed by atoms with Crippen LogP contribution in [0.25, 0.3) is 11.3 Å². The highest BCUT2D eigenvalue weighted by Crippen LogP contribution is 2.44. The highest BCUT2D eigenvalue weighted by Gasteiger charge is 2.29. The first kappa shape index (κ1) is 23.1. The molecule has 1 aliphatic rings. The lowest BCUT2D eigenvalue weighted by molar-refractivity contribution is 0.101. The van der Waals surface area contributed by atoms with Gasteiger partial charge in [-0.1, -0.05) is 41.9 Å². The zero-order valence-corrected chi connectivity index (χ0v) is 19.7. The van der Waals surface area contributed by atoms with E-state index in [1.165, 1.54) is 25.4 Å². The molecule has 33 heavy (non-hydrogen) atoms. The van der Waals surface area contributed by atoms with Crippen LogP contribution in [0.5, 0.6) is 11.5 Å². The lowest BCUT2D eigenvalue weighted by Crippen LogP contribution is -2.27. The van der Waals surface area contributed by atoms with Crippen molar-refractivity contribution in [3.8, 4) is 22.8 Å². The molecule has 0 fully saturated rings. The fourth-order valence-electron chi connectivity index (χ4n) is 3.69. The minimum Gasteiger partial charge on any atom is -0.492 e. The van der Waals surface area contributed by atoms with Gasteiger partial charge in [-0.3, -0.25) is 9.59 Å². The Kier molecular flexibility index (Phi) is 6.32. The first-order valence-corrected chi connectivity index (χ1v) is 12.7. The second-order valence-corrected chi connectivity index (χ2v) is 10.6. The lowest BCUT2D eigenvalue weighted by Gasteiger charge is -2.32. The summed E-state index contributed by atoms with van der Waals surface area (Å²) in [6.07, 6.45) is 2.40. The Morgan fingerprint density at radius 3 is 2.58 bits per heavy atom. The van der Waals surface area contributed by atoms with Crippen molar-refractivity contribution in [2.45, 2.75) is 19.6 Å². The lowest BCUT2D eigenvalue weighted by atomic mass is 10.0. The zero-order valence-electron chi connectivity index (χ0n) is 18.1. The van der Waals surface area contributed by atoms with Crippen LogP contribution in [0.4, 0.5) is 0 Å². The van der Waals surface area contributed by atoms with E-state index < -0.39 is 16.1 Å². The van der Waals surface area contributed by atoms with Crippen LogP contribution in [0.3, 0.4) is 0 Å². The molecule has 0 saturated carbocycles. The maximum atomic E-state index is 12.6. The van der Waals surface area contributed by atoms with E-state index in [0.29, 0.717) is 34.2 Å². The maximum Gasteiger partial charge on any atom is 0.202 e. The molecule has 0 spiro atoms. The van der Waals surface area contributed by atoms with Gasteiger partial charge in [0.05, 0.1) is 28.6 Å². The molecule has 1 aromatic heterocycles. The van der Waals surface area contributed by atoms with Crippen molar-refractivity contribution in [2.24, 2.45) is 0 Å². The number of rotatable bonds is 7. The molecule has 1 aliphatic heterocycles. The molecular weight excluding hydrogens is 466 g/mol. The van der Waals surface area contributed by atoms with Gasteiger partial charge in [-0.05, 0) is 19.4 Å². The molecule has 0 amide bonds. The largest absolute Gasteiger partial charge is 0.492 e. The van der Waals surface area contributed by atoms with Gasteiger partial charge in [0.25, 0.3) is 0 Å². The van der Waals surface area contributed by atoms with E-state index in [0.717, 1.165) is 5.56 Å². The van der Waals surface area contributed by atoms with Gasteiger partial charge in [0.15, 0.2) is 11.2 Å². The average Bonchev–Trinajstić information content (AvgIpc) is 2.76. The Hall–Kier alpha value is -3.10. The number of ether oxygens (including phenoxy) is 2. The Labute approximate surface area is 196 Å². The average molecular weight is 488 g/mol. The number of hydrogen-bond acceptors (Lipinski definition) is 6. The minimum atomic E-state index is -3.08. The molecule has 3 aromatic rings. The van der Waals surface area contributed by atoms with E-state index in [1.807, 2.05) is 30.3 Å². The molecule has 4 rings (SSSR count). The number of ketones is 1. The van der Waals surface area contributed by atoms with Gasteiger partial charge >= 0.3 is 0 Å². The molecule has 9 heteroatoms. The fraction of sp³-hybridized carbons (Fsp3) is 0.250. The Morgan fingerprint density at radius 1 is 1.18 bits per heavy atom. The second-order valence-electron chi connectivity index (χ2n) is 7.89. The molecule has 0 saturated heterocycles. The number of sulfone groups is 1. The summed E-state index contributed by atoms with van der Waals surface area (Å²) in [5.74, 6) is 0.494. The predicted molar refractivity (Wildman–Crippen MR) is 126 cm³/mol. The van der Waals surface area contributed by atoms with Crippen LogP contribution in [0.1, 0.15) is 35.5 Å². The van der Waals surface area contributed by atoms with Gasteiger partial charge in [-0.2, -0.15) is 0 Å². The van der Waals surface area contributed by atoms with E-state index in [2.05, 4.69) is 0 Å². The highest BCUT2D eigenvalue weighted by molar-refractivity contribution is 7.90. The van der Waals surface area contributed by atoms with Crippen molar-refractivity contribution in [3.05, 3.63) is 81.1 Å². The summed E-state index contributed by atoms with van der Waals surface area (Å²) in [5.41, 5.74) is 1.66. The van der Waals surface area contributed by atoms with Crippen molar-refractivity contribution >= 4 is 27.2 Å². The van der Waals surface area contributed by atoms with E-state index in [1.54, 1.807) is 16.7 Å². The molecule has 0 aliphatic carbocycles. The number of nitrogens with zero attached hydrogens (tertiary/aromatic N) is 1. The number of hydrogen-bond donors (Lipinski definition) is 0. The summed E-state index contributed by atoms with van der Waals surface area (Å²) in [6.45, 7) is 1.52. The number of benzene rings is 2. The molecular formula is C24H22ClNO6S. The van der Waals surface area contributed by atoms with Crippen molar-refractivity contribution in [3.63, 3.8) is 0 Å². The SMILES string of the molecule is CC(=O)c1cn2c(cc1=O)-c1cc(Cl)c(OCCCS(C)(=O)=O)cc1OC2c1ccccc1. The molecule has 7 nitrogen and oxygen atoms in total. The number of carbonyl (C=O) groups is 1. The van der Waals surface area contributed by atoms with E-state index in [-0.39, 0.29) is 29.1 Å². The molecule has 1 atom stereocenters. The van der Waals surface area contributed by atoms with E-state index >= 15 is 0 Å². The molecule has 2 heterocycles. The third-order valence-electron chi connectivity index (χ3n) is 5.26. The third kappa shape index (κ3) is 4.96. The van der Waals surface area contributed by atoms with Gasteiger partial charge < -0.3 is 14.0 Å². The first-order chi connectivity index (χ1) is 15.6. The monoisotopic (exact) mass is 487 g/mol. The summed E-state index contributed by atoms with van der Waals surface area (Å²) in [7, 11) is -3.08. The normalized spacial score (nSPS) is 14.7. The van der Waals surface area contributed by atoms with Gasteiger partial charge in [0, 0.05) is 35.7 Å². The van der Waals surface area contributed by atoms with Crippen LogP contribution in [0.2, 0.25) is 5.02 Å². The topological polar surface area (TPSA) is 91.7 Å². The van der Waals surface area contributed by atoms with Gasteiger partial charge in [0.2, 0.25) is 6.23 Å². The Morgan fingerprint density at radius 2 is 1.91 bits per heavy atom. The number of fused-ring (bicyclic) bond motifs is 3. The number of carbonyl (C=O) groups excluding carboxylic acids is 1. The van der Waals surface area contributed by atoms with Crippen LogP contribution in [0, 0.1) is 0 Å². The van der Waals surface area contributed by atoms with E-state index in [9.17, 15) is 18.0 Å². The number of Topliss-reactive ketones (excluding diaryl/α,β-unsaturated/α-hetero) is 1. The number of halogens is 1. The number of pyridine rings is 1. The van der Waals surface area contributed by atoms with Crippen LogP contribution in [-0.4, -0.2) is 37.4 Å². The Bertz CT molecular complexity index is 1380. The molecule has 1 unspecified atom stereocenters. The van der Waals surface area contributed by atoms with Crippen LogP contribution >= 0.6 is 11.6 Å². The van der Waals surface area contributed by atoms with E-state index in [4.69, 9.17) is 21.1 Å². The summed E-state index contributed by atoms with van der Waals surface area (Å²) in [6, 6.07) is 14.1. The van der Waals surface area contributed by atoms with Crippen molar-refractivity contribution in [1.29, 1.82) is 0 Å². The van der Waals surface area contributed by atoms with Gasteiger partial charge in [-0.25, -0.2) is 8.42 Å². The molecule has 2 aromatic carbocycles. The predicted octanol–water partition coefficient (Wildman–Crippen LogP) is 4.12. The summed E-state index contributed by atoms with van der Waals surface area (Å²) in [5, 5.41) is 0.296. The molecule has 0 radical (unpaired) electrons. The molecule has 0 bridgehead atoms. The molecule has 172 valence electrons. The van der Waals surface area contributed by atoms with Crippen LogP contribution < -0.4 is 14.9 Å². The first-order valence-electron chi connectivity index (χ1n) is 10.3. The summed E-state index contributed by atoms with van der Waals surface area (Å²) < 4.78 is 36.4. The van der Waals surface area contributed by atoms with Crippen molar-refractivity contribution < 1.29 is 22.7 Å². The number of aromatic nitrogens is 1. The summed E-state index contributed by atoms with van der Waals surface area (Å²) >= 11 is 6.43. The quantitative estimate of drug-likeness (QED) is 0.367. The van der Waals surface area contributed by atoms with Crippen molar-refractivity contribution in [1.82, 2.24) is 4.57 Å². The minimum absolute atomic E-state index is 0.0108. The van der Waals surface area contributed by atoms with Gasteiger partial charge in [0.1, 0.15) is 21.3 Å². The third-order valence-corrected chi connectivity index (χ3v) is 6.59. The standard InChI is InChI=1S/C24H22ClNO6S/c1-15(27)18-14-26-20(12-21(18)28)17-11-19(25)23(31-9-6-10-33(2,29)30)13-22(17)32-24(26)16-7-4-3-5-8-16/h3-5,7-8,11-14,24H,6,9-10H2,1-2H3. The van der Waals surface area contributed by atoms with Crippen LogP contribution in [0.15, 0.2) is 59.5 Å². The second kappa shape index (κ2) is 9.03. The smallest absolute Gasteiger partial charge is 0.202 e. The van der Waals surface area contributed by atoms with Crippen molar-refractivity contribution in [2.75, 3.05) is 18.6 Å². The highest BCUT2D eigenvalue weighted by atomic mass is 35.5. The molecule has 0 N–H and O–H groups in total. The fourth-order valence-corrected chi connectivity index (χ4v) is 4.55. The Balaban J connectivity index is 1.77. The zero-order chi connectivity index (χ0) is 23.8. The van der Waals surface area contributed by atoms with Gasteiger partial charge in [-0.15, -0.1) is 0 Å². The summed E-state index contributed by atoms with van der Waals surface area (Å²) in [4.78, 5) is 24.6. The van der Waals surface area contributed by atoms with Crippen LogP contribution in [-0.2, 0) is 9.84 Å². The maximum absolute atomic E-state index is 12.6.